The molecule has 0 saturated heterocycles. The van der Waals surface area contributed by atoms with Gasteiger partial charge in [0, 0.05) is 23.2 Å². The first-order valence-electron chi connectivity index (χ1n) is 6.63. The summed E-state index contributed by atoms with van der Waals surface area (Å²) in [5.41, 5.74) is 1.79. The van der Waals surface area contributed by atoms with E-state index in [1.165, 1.54) is 0 Å². The standard InChI is InChI=1S/C15H19ClN2O2/c1-11(19)7-8-18(2)10-14-9-15(17-20-14)12-3-5-13(16)6-4-12/h3-6,9,11,19H,7-8,10H2,1-2H3. The summed E-state index contributed by atoms with van der Waals surface area (Å²) in [5, 5.41) is 14.0. The van der Waals surface area contributed by atoms with Crippen molar-refractivity contribution in [1.82, 2.24) is 10.1 Å². The van der Waals surface area contributed by atoms with E-state index in [1.807, 2.05) is 37.4 Å². The average molecular weight is 295 g/mol. The Balaban J connectivity index is 1.96. The van der Waals surface area contributed by atoms with Crippen molar-refractivity contribution in [3.05, 3.63) is 41.1 Å². The smallest absolute Gasteiger partial charge is 0.151 e. The van der Waals surface area contributed by atoms with Gasteiger partial charge in [-0.05, 0) is 32.5 Å². The Morgan fingerprint density at radius 1 is 1.35 bits per heavy atom. The normalized spacial score (nSPS) is 12.8. The zero-order valence-corrected chi connectivity index (χ0v) is 12.5. The van der Waals surface area contributed by atoms with Crippen molar-refractivity contribution >= 4 is 11.6 Å². The highest BCUT2D eigenvalue weighted by Crippen LogP contribution is 2.21. The summed E-state index contributed by atoms with van der Waals surface area (Å²) >= 11 is 5.86. The molecule has 0 bridgehead atoms. The average Bonchev–Trinajstić information content (AvgIpc) is 2.85. The van der Waals surface area contributed by atoms with Crippen molar-refractivity contribution in [3.63, 3.8) is 0 Å². The first kappa shape index (κ1) is 15.0. The molecule has 2 rings (SSSR count). The molecule has 108 valence electrons. The summed E-state index contributed by atoms with van der Waals surface area (Å²) < 4.78 is 5.34. The largest absolute Gasteiger partial charge is 0.393 e. The molecule has 0 saturated carbocycles. The Labute approximate surface area is 124 Å². The van der Waals surface area contributed by atoms with E-state index in [-0.39, 0.29) is 6.10 Å². The van der Waals surface area contributed by atoms with Gasteiger partial charge in [-0.2, -0.15) is 0 Å². The second-order valence-electron chi connectivity index (χ2n) is 5.06. The number of aliphatic hydroxyl groups is 1. The van der Waals surface area contributed by atoms with Gasteiger partial charge >= 0.3 is 0 Å². The van der Waals surface area contributed by atoms with E-state index in [0.717, 1.165) is 30.0 Å². The maximum absolute atomic E-state index is 9.27. The summed E-state index contributed by atoms with van der Waals surface area (Å²) in [7, 11) is 1.99. The van der Waals surface area contributed by atoms with E-state index in [1.54, 1.807) is 6.92 Å². The zero-order valence-electron chi connectivity index (χ0n) is 11.7. The number of hydrogen-bond acceptors (Lipinski definition) is 4. The van der Waals surface area contributed by atoms with Crippen LogP contribution in [0.5, 0.6) is 0 Å². The van der Waals surface area contributed by atoms with Crippen LogP contribution in [0.15, 0.2) is 34.9 Å². The van der Waals surface area contributed by atoms with Gasteiger partial charge in [0.1, 0.15) is 5.69 Å². The van der Waals surface area contributed by atoms with E-state index in [2.05, 4.69) is 10.1 Å². The predicted octanol–water partition coefficient (Wildman–Crippen LogP) is 3.20. The van der Waals surface area contributed by atoms with Gasteiger partial charge in [0.2, 0.25) is 0 Å². The highest BCUT2D eigenvalue weighted by Gasteiger charge is 2.09. The third-order valence-electron chi connectivity index (χ3n) is 3.05. The van der Waals surface area contributed by atoms with Crippen LogP contribution in [-0.2, 0) is 6.54 Å². The lowest BCUT2D eigenvalue weighted by Gasteiger charge is -2.15. The predicted molar refractivity (Wildman–Crippen MR) is 79.6 cm³/mol. The van der Waals surface area contributed by atoms with Crippen molar-refractivity contribution in [2.24, 2.45) is 0 Å². The fourth-order valence-electron chi connectivity index (χ4n) is 1.90. The minimum atomic E-state index is -0.281. The third kappa shape index (κ3) is 4.34. The number of nitrogens with zero attached hydrogens (tertiary/aromatic N) is 2. The molecule has 1 atom stereocenters. The Morgan fingerprint density at radius 2 is 2.05 bits per heavy atom. The first-order valence-corrected chi connectivity index (χ1v) is 7.00. The number of halogens is 1. The minimum absolute atomic E-state index is 0.281. The number of hydrogen-bond donors (Lipinski definition) is 1. The number of aromatic nitrogens is 1. The van der Waals surface area contributed by atoms with E-state index < -0.39 is 0 Å². The van der Waals surface area contributed by atoms with Gasteiger partial charge in [-0.3, -0.25) is 4.90 Å². The lowest BCUT2D eigenvalue weighted by molar-refractivity contribution is 0.159. The van der Waals surface area contributed by atoms with E-state index in [4.69, 9.17) is 16.1 Å². The van der Waals surface area contributed by atoms with Gasteiger partial charge in [-0.15, -0.1) is 0 Å². The van der Waals surface area contributed by atoms with Crippen molar-refractivity contribution < 1.29 is 9.63 Å². The van der Waals surface area contributed by atoms with Crippen LogP contribution < -0.4 is 0 Å². The van der Waals surface area contributed by atoms with Crippen molar-refractivity contribution in [3.8, 4) is 11.3 Å². The number of benzene rings is 1. The summed E-state index contributed by atoms with van der Waals surface area (Å²) in [4.78, 5) is 2.10. The molecule has 1 N–H and O–H groups in total. The molecule has 0 fully saturated rings. The molecule has 4 nitrogen and oxygen atoms in total. The third-order valence-corrected chi connectivity index (χ3v) is 3.31. The van der Waals surface area contributed by atoms with Gasteiger partial charge in [0.25, 0.3) is 0 Å². The van der Waals surface area contributed by atoms with Crippen LogP contribution in [0, 0.1) is 0 Å². The molecule has 1 unspecified atom stereocenters. The van der Waals surface area contributed by atoms with Crippen LogP contribution >= 0.6 is 11.6 Å². The Morgan fingerprint density at radius 3 is 2.70 bits per heavy atom. The van der Waals surface area contributed by atoms with Gasteiger partial charge in [-0.1, -0.05) is 28.9 Å². The molecule has 1 aromatic carbocycles. The molecule has 0 aliphatic carbocycles. The maximum Gasteiger partial charge on any atom is 0.151 e. The molecule has 0 aliphatic heterocycles. The molecule has 2 aromatic rings. The summed E-state index contributed by atoms with van der Waals surface area (Å²) in [6.45, 7) is 3.28. The first-order chi connectivity index (χ1) is 9.54. The molecule has 5 heteroatoms. The quantitative estimate of drug-likeness (QED) is 0.889. The van der Waals surface area contributed by atoms with Crippen LogP contribution in [0.2, 0.25) is 5.02 Å². The highest BCUT2D eigenvalue weighted by molar-refractivity contribution is 6.30. The van der Waals surface area contributed by atoms with E-state index in [9.17, 15) is 5.11 Å². The van der Waals surface area contributed by atoms with Gasteiger partial charge in [-0.25, -0.2) is 0 Å². The molecule has 0 amide bonds. The zero-order chi connectivity index (χ0) is 14.5. The Hall–Kier alpha value is -1.36. The van der Waals surface area contributed by atoms with Crippen LogP contribution in [-0.4, -0.2) is 34.9 Å². The highest BCUT2D eigenvalue weighted by atomic mass is 35.5. The minimum Gasteiger partial charge on any atom is -0.393 e. The van der Waals surface area contributed by atoms with Crippen molar-refractivity contribution in [1.29, 1.82) is 0 Å². The van der Waals surface area contributed by atoms with Crippen molar-refractivity contribution in [2.75, 3.05) is 13.6 Å². The van der Waals surface area contributed by atoms with Crippen LogP contribution in [0.1, 0.15) is 19.1 Å². The van der Waals surface area contributed by atoms with Gasteiger partial charge in [0.05, 0.1) is 12.6 Å². The fraction of sp³-hybridized carbons (Fsp3) is 0.400. The van der Waals surface area contributed by atoms with Crippen molar-refractivity contribution in [2.45, 2.75) is 26.0 Å². The van der Waals surface area contributed by atoms with Crippen LogP contribution in [0.3, 0.4) is 0 Å². The summed E-state index contributed by atoms with van der Waals surface area (Å²) in [6, 6.07) is 9.43. The second-order valence-corrected chi connectivity index (χ2v) is 5.50. The van der Waals surface area contributed by atoms with E-state index >= 15 is 0 Å². The number of aliphatic hydroxyl groups excluding tert-OH is 1. The Bertz CT molecular complexity index is 537. The molecule has 1 heterocycles. The maximum atomic E-state index is 9.27. The summed E-state index contributed by atoms with van der Waals surface area (Å²) in [6.07, 6.45) is 0.464. The molecular formula is C15H19ClN2O2. The summed E-state index contributed by atoms with van der Waals surface area (Å²) in [5.74, 6) is 0.808. The molecular weight excluding hydrogens is 276 g/mol. The lowest BCUT2D eigenvalue weighted by atomic mass is 10.1. The van der Waals surface area contributed by atoms with Crippen LogP contribution in [0.25, 0.3) is 11.3 Å². The Kier molecular flexibility index (Phi) is 5.17. The van der Waals surface area contributed by atoms with Crippen LogP contribution in [0.4, 0.5) is 0 Å². The van der Waals surface area contributed by atoms with E-state index in [0.29, 0.717) is 11.6 Å². The topological polar surface area (TPSA) is 49.5 Å². The molecule has 0 spiro atoms. The molecule has 0 radical (unpaired) electrons. The molecule has 0 aliphatic rings. The SMILES string of the molecule is CC(O)CCN(C)Cc1cc(-c2ccc(Cl)cc2)no1. The lowest BCUT2D eigenvalue weighted by Crippen LogP contribution is -2.21. The molecule has 20 heavy (non-hydrogen) atoms. The molecule has 1 aromatic heterocycles. The number of rotatable bonds is 6. The monoisotopic (exact) mass is 294 g/mol. The second kappa shape index (κ2) is 6.88. The van der Waals surface area contributed by atoms with Gasteiger partial charge in [0.15, 0.2) is 5.76 Å². The fourth-order valence-corrected chi connectivity index (χ4v) is 2.02. The van der Waals surface area contributed by atoms with Gasteiger partial charge < -0.3 is 9.63 Å².